The summed E-state index contributed by atoms with van der Waals surface area (Å²) in [6, 6.07) is 9.43. The standard InChI is InChI=1S/C19H17N7OS/c1-3-13-11-7-12(17(27)8-15(11)22-21-13)18-23-24-19(28)26(18)10-4-5-14-16(6-10)25(2)9-20-14/h4-9,27H,3H2,1-2H3,(H,21,22)(H,24,28). The third-order valence-electron chi connectivity index (χ3n) is 4.98. The van der Waals surface area contributed by atoms with Crippen molar-refractivity contribution in [2.75, 3.05) is 0 Å². The lowest BCUT2D eigenvalue weighted by Gasteiger charge is -2.09. The van der Waals surface area contributed by atoms with Crippen LogP contribution in [0.4, 0.5) is 0 Å². The minimum absolute atomic E-state index is 0.0958. The number of aromatic hydroxyl groups is 1. The molecule has 0 bridgehead atoms. The van der Waals surface area contributed by atoms with Gasteiger partial charge in [0.05, 0.1) is 34.1 Å². The molecule has 0 saturated heterocycles. The number of fused-ring (bicyclic) bond motifs is 2. The zero-order valence-corrected chi connectivity index (χ0v) is 16.1. The van der Waals surface area contributed by atoms with Crippen molar-refractivity contribution in [1.29, 1.82) is 0 Å². The number of benzene rings is 2. The van der Waals surface area contributed by atoms with Crippen LogP contribution in [0.5, 0.6) is 5.75 Å². The Morgan fingerprint density at radius 1 is 1.11 bits per heavy atom. The maximum atomic E-state index is 10.6. The molecule has 0 amide bonds. The normalized spacial score (nSPS) is 11.6. The first-order valence-corrected chi connectivity index (χ1v) is 9.27. The van der Waals surface area contributed by atoms with Crippen molar-refractivity contribution in [3.05, 3.63) is 47.1 Å². The first-order valence-electron chi connectivity index (χ1n) is 8.86. The van der Waals surface area contributed by atoms with Crippen molar-refractivity contribution in [3.63, 3.8) is 0 Å². The molecule has 0 aliphatic carbocycles. The Labute approximate surface area is 164 Å². The van der Waals surface area contributed by atoms with Gasteiger partial charge in [0.25, 0.3) is 0 Å². The maximum Gasteiger partial charge on any atom is 0.200 e. The second kappa shape index (κ2) is 6.03. The molecule has 5 rings (SSSR count). The number of aromatic amines is 2. The van der Waals surface area contributed by atoms with Gasteiger partial charge in [-0.2, -0.15) is 10.2 Å². The molecule has 0 radical (unpaired) electrons. The van der Waals surface area contributed by atoms with Gasteiger partial charge in [0.15, 0.2) is 10.6 Å². The molecule has 5 aromatic rings. The lowest BCUT2D eigenvalue weighted by molar-refractivity contribution is 0.477. The number of hydrogen-bond donors (Lipinski definition) is 3. The Hall–Kier alpha value is -3.46. The number of aryl methyl sites for hydroxylation is 2. The highest BCUT2D eigenvalue weighted by atomic mass is 32.1. The van der Waals surface area contributed by atoms with Crippen LogP contribution in [0.2, 0.25) is 0 Å². The number of phenols is 1. The summed E-state index contributed by atoms with van der Waals surface area (Å²) in [5.74, 6) is 0.632. The number of phenolic OH excluding ortho intramolecular Hbond substituents is 1. The van der Waals surface area contributed by atoms with Crippen LogP contribution >= 0.6 is 12.2 Å². The van der Waals surface area contributed by atoms with Crippen molar-refractivity contribution >= 4 is 34.2 Å². The molecule has 9 heteroatoms. The Morgan fingerprint density at radius 2 is 1.96 bits per heavy atom. The largest absolute Gasteiger partial charge is 0.507 e. The van der Waals surface area contributed by atoms with Crippen LogP contribution in [-0.4, -0.2) is 39.6 Å². The van der Waals surface area contributed by atoms with Crippen molar-refractivity contribution < 1.29 is 5.11 Å². The van der Waals surface area contributed by atoms with Crippen molar-refractivity contribution in [2.45, 2.75) is 13.3 Å². The predicted molar refractivity (Wildman–Crippen MR) is 109 cm³/mol. The molecule has 0 aliphatic rings. The van der Waals surface area contributed by atoms with Gasteiger partial charge in [0, 0.05) is 24.2 Å². The van der Waals surface area contributed by atoms with Gasteiger partial charge in [-0.25, -0.2) is 4.98 Å². The van der Waals surface area contributed by atoms with E-state index in [2.05, 4.69) is 32.3 Å². The van der Waals surface area contributed by atoms with E-state index in [1.165, 1.54) is 0 Å². The molecular weight excluding hydrogens is 374 g/mol. The van der Waals surface area contributed by atoms with E-state index < -0.39 is 0 Å². The van der Waals surface area contributed by atoms with Crippen LogP contribution in [0.25, 0.3) is 39.0 Å². The number of rotatable bonds is 3. The lowest BCUT2D eigenvalue weighted by Crippen LogP contribution is -1.99. The van der Waals surface area contributed by atoms with Gasteiger partial charge in [0.1, 0.15) is 5.75 Å². The van der Waals surface area contributed by atoms with Crippen LogP contribution in [0.15, 0.2) is 36.7 Å². The molecule has 3 heterocycles. The van der Waals surface area contributed by atoms with Crippen LogP contribution in [0.3, 0.4) is 0 Å². The highest BCUT2D eigenvalue weighted by molar-refractivity contribution is 7.71. The highest BCUT2D eigenvalue weighted by Crippen LogP contribution is 2.34. The molecule has 140 valence electrons. The molecule has 2 aromatic carbocycles. The molecular formula is C19H17N7OS. The summed E-state index contributed by atoms with van der Waals surface area (Å²) in [6.07, 6.45) is 2.58. The van der Waals surface area contributed by atoms with Gasteiger partial charge in [-0.1, -0.05) is 6.92 Å². The van der Waals surface area contributed by atoms with Gasteiger partial charge in [-0.15, -0.1) is 0 Å². The van der Waals surface area contributed by atoms with E-state index in [9.17, 15) is 5.11 Å². The van der Waals surface area contributed by atoms with Gasteiger partial charge in [0.2, 0.25) is 0 Å². The summed E-state index contributed by atoms with van der Waals surface area (Å²) in [7, 11) is 1.94. The average molecular weight is 391 g/mol. The van der Waals surface area contributed by atoms with Crippen molar-refractivity contribution in [1.82, 2.24) is 34.5 Å². The second-order valence-electron chi connectivity index (χ2n) is 6.66. The monoisotopic (exact) mass is 391 g/mol. The first-order chi connectivity index (χ1) is 13.6. The quantitative estimate of drug-likeness (QED) is 0.408. The van der Waals surface area contributed by atoms with E-state index in [-0.39, 0.29) is 5.75 Å². The van der Waals surface area contributed by atoms with Crippen LogP contribution in [-0.2, 0) is 13.5 Å². The topological polar surface area (TPSA) is 100 Å². The fourth-order valence-electron chi connectivity index (χ4n) is 3.52. The van der Waals surface area contributed by atoms with Crippen LogP contribution < -0.4 is 0 Å². The van der Waals surface area contributed by atoms with Gasteiger partial charge >= 0.3 is 0 Å². The molecule has 0 atom stereocenters. The Bertz CT molecular complexity index is 1410. The second-order valence-corrected chi connectivity index (χ2v) is 7.05. The summed E-state index contributed by atoms with van der Waals surface area (Å²) in [6.45, 7) is 2.05. The average Bonchev–Trinajstić information content (AvgIpc) is 3.38. The first kappa shape index (κ1) is 16.7. The third kappa shape index (κ3) is 2.36. The van der Waals surface area contributed by atoms with Crippen molar-refractivity contribution in [3.8, 4) is 22.8 Å². The fourth-order valence-corrected chi connectivity index (χ4v) is 3.76. The molecule has 0 spiro atoms. The van der Waals surface area contributed by atoms with Crippen LogP contribution in [0.1, 0.15) is 12.6 Å². The van der Waals surface area contributed by atoms with E-state index in [0.717, 1.165) is 39.7 Å². The Morgan fingerprint density at radius 3 is 2.79 bits per heavy atom. The molecule has 28 heavy (non-hydrogen) atoms. The molecule has 0 fully saturated rings. The molecule has 0 saturated carbocycles. The Kier molecular flexibility index (Phi) is 3.59. The van der Waals surface area contributed by atoms with E-state index in [1.807, 2.05) is 40.4 Å². The van der Waals surface area contributed by atoms with Crippen LogP contribution in [0, 0.1) is 4.77 Å². The maximum absolute atomic E-state index is 10.6. The van der Waals surface area contributed by atoms with Gasteiger partial charge in [-0.05, 0) is 42.9 Å². The van der Waals surface area contributed by atoms with E-state index in [4.69, 9.17) is 12.2 Å². The van der Waals surface area contributed by atoms with Gasteiger partial charge < -0.3 is 9.67 Å². The number of hydrogen-bond acceptors (Lipinski definition) is 5. The van der Waals surface area contributed by atoms with Gasteiger partial charge in [-0.3, -0.25) is 14.8 Å². The summed E-state index contributed by atoms with van der Waals surface area (Å²) in [5.41, 5.74) is 5.03. The number of imidazole rings is 1. The highest BCUT2D eigenvalue weighted by Gasteiger charge is 2.18. The zero-order valence-electron chi connectivity index (χ0n) is 15.3. The summed E-state index contributed by atoms with van der Waals surface area (Å²) in [4.78, 5) is 4.36. The fraction of sp³-hybridized carbons (Fsp3) is 0.158. The predicted octanol–water partition coefficient (Wildman–Crippen LogP) is 3.63. The number of nitrogens with zero attached hydrogens (tertiary/aromatic N) is 5. The Balaban J connectivity index is 1.76. The number of aromatic nitrogens is 7. The molecule has 0 aliphatic heterocycles. The summed E-state index contributed by atoms with van der Waals surface area (Å²) >= 11 is 5.48. The summed E-state index contributed by atoms with van der Waals surface area (Å²) in [5, 5.41) is 26.1. The number of H-pyrrole nitrogens is 2. The van der Waals surface area contributed by atoms with E-state index in [1.54, 1.807) is 12.4 Å². The minimum Gasteiger partial charge on any atom is -0.507 e. The smallest absolute Gasteiger partial charge is 0.200 e. The number of nitrogens with one attached hydrogen (secondary N) is 2. The lowest BCUT2D eigenvalue weighted by atomic mass is 10.1. The molecule has 0 unspecified atom stereocenters. The minimum atomic E-state index is 0.0958. The SMILES string of the molecule is CCc1[nH]nc2cc(O)c(-c3n[nH]c(=S)n3-c3ccc4ncn(C)c4c3)cc12. The summed E-state index contributed by atoms with van der Waals surface area (Å²) < 4.78 is 4.21. The van der Waals surface area contributed by atoms with E-state index >= 15 is 0 Å². The molecule has 3 N–H and O–H groups in total. The van der Waals surface area contributed by atoms with Crippen molar-refractivity contribution in [2.24, 2.45) is 7.05 Å². The zero-order chi connectivity index (χ0) is 19.4. The molecule has 3 aromatic heterocycles. The van der Waals surface area contributed by atoms with E-state index in [0.29, 0.717) is 16.2 Å². The third-order valence-corrected chi connectivity index (χ3v) is 5.26. The molecule has 8 nitrogen and oxygen atoms in total.